The van der Waals surface area contributed by atoms with Crippen molar-refractivity contribution >= 4 is 39.5 Å². The lowest BCUT2D eigenvalue weighted by molar-refractivity contribution is -0.161. The number of hydrogen-bond acceptors (Lipinski definition) is 15. The quantitative estimate of drug-likeness (QED) is 0.0222. The van der Waals surface area contributed by atoms with Gasteiger partial charge in [-0.2, -0.15) is 0 Å². The molecule has 0 heterocycles. The monoisotopic (exact) mass is 1510 g/mol. The highest BCUT2D eigenvalue weighted by atomic mass is 31.2. The number of unbranched alkanes of at least 4 members (excludes halogenated alkanes) is 52. The number of aliphatic hydroxyl groups excluding tert-OH is 1. The summed E-state index contributed by atoms with van der Waals surface area (Å²) in [7, 11) is -9.92. The van der Waals surface area contributed by atoms with Crippen LogP contribution in [0, 0.1) is 11.8 Å². The van der Waals surface area contributed by atoms with Gasteiger partial charge in [-0.05, 0) is 37.5 Å². The summed E-state index contributed by atoms with van der Waals surface area (Å²) in [6.45, 7) is 9.69. The molecule has 0 radical (unpaired) electrons. The molecule has 0 aromatic carbocycles. The first-order valence-corrected chi connectivity index (χ1v) is 46.5. The molecule has 0 aromatic heterocycles. The topological polar surface area (TPSA) is 237 Å². The second kappa shape index (κ2) is 75.5. The largest absolute Gasteiger partial charge is 0.472 e. The van der Waals surface area contributed by atoms with E-state index in [4.69, 9.17) is 37.0 Å². The van der Waals surface area contributed by atoms with Gasteiger partial charge in [-0.1, -0.05) is 395 Å². The molecule has 0 bridgehead atoms. The molecule has 612 valence electrons. The first-order valence-electron chi connectivity index (χ1n) is 43.5. The molecule has 19 heteroatoms. The summed E-state index contributed by atoms with van der Waals surface area (Å²) in [4.78, 5) is 73.1. The summed E-state index contributed by atoms with van der Waals surface area (Å²) in [5.41, 5.74) is 0. The van der Waals surface area contributed by atoms with Gasteiger partial charge in [0.1, 0.15) is 19.3 Å². The Hall–Kier alpha value is -1.94. The van der Waals surface area contributed by atoms with Crippen LogP contribution in [0.15, 0.2) is 0 Å². The lowest BCUT2D eigenvalue weighted by Crippen LogP contribution is -2.30. The predicted octanol–water partition coefficient (Wildman–Crippen LogP) is 25.5. The Labute approximate surface area is 632 Å². The van der Waals surface area contributed by atoms with Gasteiger partial charge in [-0.3, -0.25) is 37.3 Å². The Kier molecular flexibility index (Phi) is 74.1. The summed E-state index contributed by atoms with van der Waals surface area (Å²) in [5, 5.41) is 10.7. The van der Waals surface area contributed by atoms with Crippen LogP contribution in [0.2, 0.25) is 0 Å². The van der Waals surface area contributed by atoms with E-state index in [1.165, 1.54) is 263 Å². The zero-order valence-corrected chi connectivity index (χ0v) is 69.4. The van der Waals surface area contributed by atoms with Crippen LogP contribution in [0.1, 0.15) is 446 Å². The van der Waals surface area contributed by atoms with E-state index >= 15 is 0 Å². The van der Waals surface area contributed by atoms with Gasteiger partial charge in [0, 0.05) is 25.7 Å². The van der Waals surface area contributed by atoms with Crippen molar-refractivity contribution in [3.63, 3.8) is 0 Å². The number of rotatable bonds is 83. The minimum atomic E-state index is -4.96. The smallest absolute Gasteiger partial charge is 0.462 e. The molecule has 0 aliphatic heterocycles. The standard InChI is InChI=1S/C84H164O17P2/c1-7-10-12-14-16-18-20-21-22-23-24-25-26-27-28-29-34-37-44-50-56-62-68-83(88)100-80(73-95-82(87)67-61-55-49-43-36-33-31-30-32-35-40-46-52-58-64-76(4)5)75-99-103(92,93)97-71-78(85)70-96-102(90,91)98-74-79(72-94-81(86)66-60-54-48-42-19-17-15-13-11-8-2)101-84(89)69-63-57-51-45-39-38-41-47-53-59-65-77(6)9-3/h76-80,85H,7-75H2,1-6H3,(H,90,91)(H,92,93)/t77?,78-,79+,80+/m0/s1. The van der Waals surface area contributed by atoms with Crippen LogP contribution in [0.3, 0.4) is 0 Å². The third-order valence-electron chi connectivity index (χ3n) is 20.1. The molecule has 0 rings (SSSR count). The zero-order valence-electron chi connectivity index (χ0n) is 67.6. The van der Waals surface area contributed by atoms with Crippen LogP contribution in [-0.2, 0) is 65.4 Å². The molecule has 0 aliphatic rings. The summed E-state index contributed by atoms with van der Waals surface area (Å²) in [6.07, 6.45) is 66.6. The summed E-state index contributed by atoms with van der Waals surface area (Å²) < 4.78 is 68.8. The number of phosphoric acid groups is 2. The van der Waals surface area contributed by atoms with Gasteiger partial charge < -0.3 is 33.8 Å². The number of esters is 4. The summed E-state index contributed by atoms with van der Waals surface area (Å²) in [5.74, 6) is -0.504. The van der Waals surface area contributed by atoms with E-state index in [0.717, 1.165) is 102 Å². The maximum atomic E-state index is 13.1. The highest BCUT2D eigenvalue weighted by Gasteiger charge is 2.30. The lowest BCUT2D eigenvalue weighted by Gasteiger charge is -2.21. The van der Waals surface area contributed by atoms with Crippen molar-refractivity contribution in [2.24, 2.45) is 11.8 Å². The molecule has 0 spiro atoms. The number of carbonyl (C=O) groups is 4. The van der Waals surface area contributed by atoms with Gasteiger partial charge in [0.05, 0.1) is 26.4 Å². The zero-order chi connectivity index (χ0) is 75.6. The van der Waals surface area contributed by atoms with E-state index in [9.17, 15) is 43.2 Å². The number of aliphatic hydroxyl groups is 1. The van der Waals surface area contributed by atoms with Crippen LogP contribution < -0.4 is 0 Å². The van der Waals surface area contributed by atoms with Crippen LogP contribution in [0.25, 0.3) is 0 Å². The van der Waals surface area contributed by atoms with E-state index < -0.39 is 97.5 Å². The molecule has 3 N–H and O–H groups in total. The van der Waals surface area contributed by atoms with Crippen LogP contribution >= 0.6 is 15.6 Å². The van der Waals surface area contributed by atoms with Gasteiger partial charge in [0.2, 0.25) is 0 Å². The van der Waals surface area contributed by atoms with Gasteiger partial charge >= 0.3 is 39.5 Å². The van der Waals surface area contributed by atoms with Crippen LogP contribution in [-0.4, -0.2) is 96.7 Å². The highest BCUT2D eigenvalue weighted by molar-refractivity contribution is 7.47. The Morgan fingerprint density at radius 1 is 0.282 bits per heavy atom. The molecular weight excluding hydrogens is 1340 g/mol. The number of hydrogen-bond donors (Lipinski definition) is 3. The van der Waals surface area contributed by atoms with Crippen molar-refractivity contribution in [3.05, 3.63) is 0 Å². The molecule has 17 nitrogen and oxygen atoms in total. The van der Waals surface area contributed by atoms with Gasteiger partial charge in [0.25, 0.3) is 0 Å². The second-order valence-corrected chi connectivity index (χ2v) is 33.8. The van der Waals surface area contributed by atoms with Crippen molar-refractivity contribution in [1.82, 2.24) is 0 Å². The Morgan fingerprint density at radius 3 is 0.738 bits per heavy atom. The number of carbonyl (C=O) groups excluding carboxylic acids is 4. The lowest BCUT2D eigenvalue weighted by atomic mass is 9.99. The fraction of sp³-hybridized carbons (Fsp3) is 0.952. The average molecular weight is 1510 g/mol. The Balaban J connectivity index is 5.22. The van der Waals surface area contributed by atoms with E-state index in [0.29, 0.717) is 25.7 Å². The molecule has 0 aliphatic carbocycles. The second-order valence-electron chi connectivity index (χ2n) is 30.9. The average Bonchev–Trinajstić information content (AvgIpc) is 0.963. The Morgan fingerprint density at radius 2 is 0.495 bits per heavy atom. The first kappa shape index (κ1) is 101. The molecule has 0 amide bonds. The maximum absolute atomic E-state index is 13.1. The van der Waals surface area contributed by atoms with Gasteiger partial charge in [-0.15, -0.1) is 0 Å². The molecular formula is C84H164O17P2. The van der Waals surface area contributed by atoms with Crippen LogP contribution in [0.4, 0.5) is 0 Å². The Bertz CT molecular complexity index is 1980. The normalized spacial score (nSPS) is 14.1. The van der Waals surface area contributed by atoms with E-state index in [2.05, 4.69) is 41.5 Å². The van der Waals surface area contributed by atoms with Crippen molar-refractivity contribution < 1.29 is 80.2 Å². The molecule has 0 saturated carbocycles. The van der Waals surface area contributed by atoms with Crippen molar-refractivity contribution in [2.75, 3.05) is 39.6 Å². The fourth-order valence-electron chi connectivity index (χ4n) is 13.0. The van der Waals surface area contributed by atoms with E-state index in [1.807, 2.05) is 0 Å². The maximum Gasteiger partial charge on any atom is 0.472 e. The predicted molar refractivity (Wildman–Crippen MR) is 423 cm³/mol. The van der Waals surface area contributed by atoms with Gasteiger partial charge in [0.15, 0.2) is 12.2 Å². The number of phosphoric ester groups is 2. The van der Waals surface area contributed by atoms with Gasteiger partial charge in [-0.25, -0.2) is 9.13 Å². The highest BCUT2D eigenvalue weighted by Crippen LogP contribution is 2.45. The molecule has 0 aromatic rings. The van der Waals surface area contributed by atoms with Crippen molar-refractivity contribution in [3.8, 4) is 0 Å². The molecule has 0 fully saturated rings. The summed E-state index contributed by atoms with van der Waals surface area (Å²) >= 11 is 0. The van der Waals surface area contributed by atoms with E-state index in [-0.39, 0.29) is 25.7 Å². The molecule has 103 heavy (non-hydrogen) atoms. The van der Waals surface area contributed by atoms with E-state index in [1.54, 1.807) is 0 Å². The number of ether oxygens (including phenoxy) is 4. The molecule has 3 unspecified atom stereocenters. The summed E-state index contributed by atoms with van der Waals surface area (Å²) in [6, 6.07) is 0. The third-order valence-corrected chi connectivity index (χ3v) is 22.0. The van der Waals surface area contributed by atoms with Crippen molar-refractivity contribution in [2.45, 2.75) is 464 Å². The van der Waals surface area contributed by atoms with Crippen molar-refractivity contribution in [1.29, 1.82) is 0 Å². The SMILES string of the molecule is CCCCCCCCCCCCCCCCCCCCCCCCC(=O)O[C@H](COC(=O)CCCCCCCCCCCCCCCCC(C)C)COP(=O)(O)OC[C@@H](O)COP(=O)(O)OC[C@@H](COC(=O)CCCCCCCCCCCC)OC(=O)CCCCCCCCCCCCC(C)CC. The fourth-order valence-corrected chi connectivity index (χ4v) is 14.6. The first-order chi connectivity index (χ1) is 49.9. The molecule has 6 atom stereocenters. The minimum Gasteiger partial charge on any atom is -0.462 e. The molecule has 0 saturated heterocycles. The van der Waals surface area contributed by atoms with Crippen LogP contribution in [0.5, 0.6) is 0 Å². The minimum absolute atomic E-state index is 0.107. The third kappa shape index (κ3) is 76.6.